The molecular formula is C17H17F3N2O2. The van der Waals surface area contributed by atoms with Gasteiger partial charge in [-0.3, -0.25) is 9.78 Å². The maximum atomic E-state index is 12.9. The molecule has 0 saturated heterocycles. The van der Waals surface area contributed by atoms with Crippen LogP contribution in [0.1, 0.15) is 31.0 Å². The van der Waals surface area contributed by atoms with Crippen LogP contribution in [0.5, 0.6) is 5.75 Å². The number of para-hydroxylation sites is 1. The fourth-order valence-electron chi connectivity index (χ4n) is 2.11. The summed E-state index contributed by atoms with van der Waals surface area (Å²) in [6.45, 7) is 3.17. The number of amides is 1. The predicted molar refractivity (Wildman–Crippen MR) is 82.3 cm³/mol. The summed E-state index contributed by atoms with van der Waals surface area (Å²) >= 11 is 0. The Morgan fingerprint density at radius 3 is 2.38 bits per heavy atom. The molecule has 24 heavy (non-hydrogen) atoms. The van der Waals surface area contributed by atoms with E-state index in [1.54, 1.807) is 31.5 Å². The molecule has 1 amide bonds. The number of nitrogens with zero attached hydrogens (tertiary/aromatic N) is 1. The molecule has 4 nitrogen and oxygen atoms in total. The number of carbonyl (C=O) groups excluding carboxylic acids is 1. The molecule has 128 valence electrons. The van der Waals surface area contributed by atoms with Gasteiger partial charge in [-0.2, -0.15) is 13.2 Å². The highest BCUT2D eigenvalue weighted by atomic mass is 19.4. The zero-order valence-corrected chi connectivity index (χ0v) is 13.2. The molecule has 1 aromatic carbocycles. The van der Waals surface area contributed by atoms with Gasteiger partial charge in [0.15, 0.2) is 6.10 Å². The van der Waals surface area contributed by atoms with E-state index in [9.17, 15) is 18.0 Å². The molecule has 0 unspecified atom stereocenters. The van der Waals surface area contributed by atoms with E-state index < -0.39 is 23.8 Å². The zero-order chi connectivity index (χ0) is 17.7. The van der Waals surface area contributed by atoms with Crippen LogP contribution in [0.3, 0.4) is 0 Å². The number of alkyl halides is 3. The van der Waals surface area contributed by atoms with E-state index >= 15 is 0 Å². The van der Waals surface area contributed by atoms with Crippen LogP contribution >= 0.6 is 0 Å². The molecule has 0 aliphatic carbocycles. The van der Waals surface area contributed by atoms with Gasteiger partial charge in [-0.05, 0) is 43.7 Å². The lowest BCUT2D eigenvalue weighted by Crippen LogP contribution is -2.38. The zero-order valence-electron chi connectivity index (χ0n) is 13.2. The van der Waals surface area contributed by atoms with E-state index in [1.165, 1.54) is 25.1 Å². The summed E-state index contributed by atoms with van der Waals surface area (Å²) in [5, 5.41) is 2.70. The summed E-state index contributed by atoms with van der Waals surface area (Å²) in [7, 11) is 0. The van der Waals surface area contributed by atoms with Crippen LogP contribution in [0.4, 0.5) is 13.2 Å². The number of ether oxygens (including phenoxy) is 1. The van der Waals surface area contributed by atoms with Gasteiger partial charge < -0.3 is 10.1 Å². The van der Waals surface area contributed by atoms with E-state index in [0.717, 1.165) is 11.6 Å². The Bertz CT molecular complexity index is 690. The van der Waals surface area contributed by atoms with Crippen molar-refractivity contribution < 1.29 is 22.7 Å². The molecule has 0 aliphatic heterocycles. The van der Waals surface area contributed by atoms with Gasteiger partial charge >= 0.3 is 6.18 Å². The number of hydrogen-bond donors (Lipinski definition) is 1. The van der Waals surface area contributed by atoms with Crippen LogP contribution in [0, 0.1) is 0 Å². The molecule has 7 heteroatoms. The summed E-state index contributed by atoms with van der Waals surface area (Å²) in [6.07, 6.45) is -2.43. The first-order chi connectivity index (χ1) is 11.3. The van der Waals surface area contributed by atoms with Crippen molar-refractivity contribution in [2.75, 3.05) is 0 Å². The van der Waals surface area contributed by atoms with E-state index in [4.69, 9.17) is 4.74 Å². The van der Waals surface area contributed by atoms with Crippen molar-refractivity contribution in [1.82, 2.24) is 10.3 Å². The minimum atomic E-state index is -4.54. The number of pyridine rings is 1. The van der Waals surface area contributed by atoms with Crippen molar-refractivity contribution in [3.8, 4) is 5.75 Å². The highest BCUT2D eigenvalue weighted by Gasteiger charge is 2.34. The van der Waals surface area contributed by atoms with E-state index in [2.05, 4.69) is 10.3 Å². The largest absolute Gasteiger partial charge is 0.480 e. The maximum Gasteiger partial charge on any atom is 0.419 e. The minimum absolute atomic E-state index is 0.315. The highest BCUT2D eigenvalue weighted by Crippen LogP contribution is 2.36. The number of rotatable bonds is 5. The predicted octanol–water partition coefficient (Wildman–Crippen LogP) is 3.75. The summed E-state index contributed by atoms with van der Waals surface area (Å²) < 4.78 is 44.1. The van der Waals surface area contributed by atoms with Gasteiger partial charge in [0.2, 0.25) is 0 Å². The van der Waals surface area contributed by atoms with Crippen LogP contribution in [-0.2, 0) is 11.0 Å². The Morgan fingerprint density at radius 2 is 1.75 bits per heavy atom. The third kappa shape index (κ3) is 4.47. The number of benzene rings is 1. The average molecular weight is 338 g/mol. The summed E-state index contributed by atoms with van der Waals surface area (Å²) in [6, 6.07) is 7.98. The van der Waals surface area contributed by atoms with Crippen LogP contribution in [-0.4, -0.2) is 17.0 Å². The molecule has 0 aliphatic rings. The van der Waals surface area contributed by atoms with Gasteiger partial charge in [0.25, 0.3) is 5.91 Å². The van der Waals surface area contributed by atoms with Crippen molar-refractivity contribution >= 4 is 5.91 Å². The van der Waals surface area contributed by atoms with Crippen molar-refractivity contribution in [1.29, 1.82) is 0 Å². The van der Waals surface area contributed by atoms with Gasteiger partial charge in [0, 0.05) is 12.4 Å². The second-order valence-electron chi connectivity index (χ2n) is 5.26. The summed E-state index contributed by atoms with van der Waals surface area (Å²) in [5.74, 6) is -0.875. The van der Waals surface area contributed by atoms with E-state index in [-0.39, 0.29) is 11.8 Å². The van der Waals surface area contributed by atoms with Gasteiger partial charge in [0.1, 0.15) is 5.75 Å². The Balaban J connectivity index is 2.05. The van der Waals surface area contributed by atoms with Gasteiger partial charge in [-0.25, -0.2) is 0 Å². The molecule has 1 aromatic heterocycles. The van der Waals surface area contributed by atoms with Crippen LogP contribution in [0.15, 0.2) is 48.8 Å². The van der Waals surface area contributed by atoms with Crippen LogP contribution < -0.4 is 10.1 Å². The Kier molecular flexibility index (Phi) is 5.43. The minimum Gasteiger partial charge on any atom is -0.480 e. The lowest BCUT2D eigenvalue weighted by Gasteiger charge is -2.20. The topological polar surface area (TPSA) is 51.2 Å². The second-order valence-corrected chi connectivity index (χ2v) is 5.26. The number of carbonyl (C=O) groups is 1. The Morgan fingerprint density at radius 1 is 1.12 bits per heavy atom. The quantitative estimate of drug-likeness (QED) is 0.903. The molecule has 0 bridgehead atoms. The fourth-order valence-corrected chi connectivity index (χ4v) is 2.11. The van der Waals surface area contributed by atoms with Crippen LogP contribution in [0.25, 0.3) is 0 Å². The van der Waals surface area contributed by atoms with Gasteiger partial charge in [-0.1, -0.05) is 12.1 Å². The third-order valence-corrected chi connectivity index (χ3v) is 3.43. The Labute approximate surface area is 137 Å². The van der Waals surface area contributed by atoms with Crippen molar-refractivity contribution in [2.45, 2.75) is 32.2 Å². The fraction of sp³-hybridized carbons (Fsp3) is 0.294. The lowest BCUT2D eigenvalue weighted by molar-refractivity contribution is -0.140. The molecule has 1 heterocycles. The molecule has 2 atom stereocenters. The third-order valence-electron chi connectivity index (χ3n) is 3.43. The number of halogens is 3. The summed E-state index contributed by atoms with van der Waals surface area (Å²) in [5.41, 5.74) is -0.0759. The standard InChI is InChI=1S/C17H17F3N2O2/c1-11(13-7-9-21-10-8-13)22-16(23)12(2)24-15-6-4-3-5-14(15)17(18,19)20/h3-12H,1-2H3,(H,22,23)/t11-,12-/m0/s1. The van der Waals surface area contributed by atoms with Crippen molar-refractivity contribution in [2.24, 2.45) is 0 Å². The molecule has 1 N–H and O–H groups in total. The molecule has 0 fully saturated rings. The summed E-state index contributed by atoms with van der Waals surface area (Å²) in [4.78, 5) is 16.0. The number of nitrogens with one attached hydrogen (secondary N) is 1. The average Bonchev–Trinajstić information content (AvgIpc) is 2.55. The molecule has 0 spiro atoms. The molecule has 0 radical (unpaired) electrons. The van der Waals surface area contributed by atoms with E-state index in [0.29, 0.717) is 0 Å². The number of aromatic nitrogens is 1. The normalized spacial score (nSPS) is 13.9. The van der Waals surface area contributed by atoms with Gasteiger partial charge in [0.05, 0.1) is 11.6 Å². The SMILES string of the molecule is C[C@H](Oc1ccccc1C(F)(F)F)C(=O)N[C@@H](C)c1ccncc1. The second kappa shape index (κ2) is 7.33. The monoisotopic (exact) mass is 338 g/mol. The molecule has 0 saturated carbocycles. The highest BCUT2D eigenvalue weighted by molar-refractivity contribution is 5.81. The van der Waals surface area contributed by atoms with Crippen molar-refractivity contribution in [3.63, 3.8) is 0 Å². The van der Waals surface area contributed by atoms with Gasteiger partial charge in [-0.15, -0.1) is 0 Å². The first kappa shape index (κ1) is 17.8. The molecule has 2 aromatic rings. The van der Waals surface area contributed by atoms with Crippen LogP contribution in [0.2, 0.25) is 0 Å². The smallest absolute Gasteiger partial charge is 0.419 e. The maximum absolute atomic E-state index is 12.9. The molecule has 2 rings (SSSR count). The first-order valence-electron chi connectivity index (χ1n) is 7.32. The van der Waals surface area contributed by atoms with Crippen molar-refractivity contribution in [3.05, 3.63) is 59.9 Å². The number of hydrogen-bond acceptors (Lipinski definition) is 3. The Hall–Kier alpha value is -2.57. The molecular weight excluding hydrogens is 321 g/mol. The first-order valence-corrected chi connectivity index (χ1v) is 7.32. The lowest BCUT2D eigenvalue weighted by atomic mass is 10.1. The van der Waals surface area contributed by atoms with E-state index in [1.807, 2.05) is 0 Å².